The second-order valence-corrected chi connectivity index (χ2v) is 33.2. The van der Waals surface area contributed by atoms with Gasteiger partial charge in [0.05, 0.1) is 25.4 Å². The van der Waals surface area contributed by atoms with Gasteiger partial charge in [-0.2, -0.15) is 0 Å². The third kappa shape index (κ3) is 9.00. The van der Waals surface area contributed by atoms with Gasteiger partial charge >= 0.3 is 0 Å². The summed E-state index contributed by atoms with van der Waals surface area (Å²) >= 11 is 6.35. The van der Waals surface area contributed by atoms with Crippen molar-refractivity contribution < 1.29 is 29.4 Å². The number of hydrogen-bond donors (Lipinski definition) is 3. The molecular formula is C68H98Br2N4O6. The summed E-state index contributed by atoms with van der Waals surface area (Å²) in [7, 11) is 0. The predicted molar refractivity (Wildman–Crippen MR) is 325 cm³/mol. The third-order valence-electron chi connectivity index (χ3n) is 26.7. The maximum absolute atomic E-state index is 14.5. The van der Waals surface area contributed by atoms with Gasteiger partial charge in [-0.05, 0) is 185 Å². The molecule has 10 aliphatic carbocycles. The molecule has 18 atom stereocenters. The number of fused-ring (bicyclic) bond motifs is 14. The number of halogens is 2. The lowest BCUT2D eigenvalue weighted by molar-refractivity contribution is -0.170. The molecule has 0 aromatic rings. The Labute approximate surface area is 498 Å². The van der Waals surface area contributed by atoms with Gasteiger partial charge in [0.15, 0.2) is 23.1 Å². The van der Waals surface area contributed by atoms with E-state index in [0.717, 1.165) is 121 Å². The number of hydrogen-bond acceptors (Lipinski definition) is 8. The van der Waals surface area contributed by atoms with Crippen LogP contribution >= 0.6 is 31.9 Å². The third-order valence-corrected chi connectivity index (χ3v) is 27.9. The van der Waals surface area contributed by atoms with Crippen molar-refractivity contribution in [2.24, 2.45) is 95.4 Å². The Morgan fingerprint density at radius 1 is 0.625 bits per heavy atom. The summed E-state index contributed by atoms with van der Waals surface area (Å²) in [6.45, 7) is 48.6. The van der Waals surface area contributed by atoms with Crippen molar-refractivity contribution in [1.82, 2.24) is 4.90 Å². The zero-order valence-corrected chi connectivity index (χ0v) is 54.4. The maximum atomic E-state index is 14.5. The van der Waals surface area contributed by atoms with E-state index in [-0.39, 0.29) is 114 Å². The van der Waals surface area contributed by atoms with Gasteiger partial charge < -0.3 is 25.5 Å². The number of β-amino-alcohol motifs (C(OH)–C–C–N with tert-alkyl or cyclic N) is 1. The van der Waals surface area contributed by atoms with E-state index in [2.05, 4.69) is 116 Å². The lowest BCUT2D eigenvalue weighted by atomic mass is 9.34. The normalized spacial score (nSPS) is 48.1. The molecule has 1 heterocycles. The van der Waals surface area contributed by atoms with Gasteiger partial charge in [0.1, 0.15) is 0 Å². The van der Waals surface area contributed by atoms with E-state index in [9.17, 15) is 24.3 Å². The number of rotatable bonds is 4. The number of aliphatic hydroxyl groups is 2. The minimum absolute atomic E-state index is 0.00845. The molecule has 0 aromatic heterocycles. The molecule has 80 heavy (non-hydrogen) atoms. The molecule has 11 rings (SSSR count). The van der Waals surface area contributed by atoms with Gasteiger partial charge in [-0.3, -0.25) is 14.5 Å². The topological polar surface area (TPSA) is 147 Å². The van der Waals surface area contributed by atoms with Crippen LogP contribution in [0.15, 0.2) is 46.8 Å². The Kier molecular flexibility index (Phi) is 15.7. The average molecular weight is 1230 g/mol. The van der Waals surface area contributed by atoms with Crippen molar-refractivity contribution in [3.8, 4) is 0 Å². The Morgan fingerprint density at radius 2 is 1.05 bits per heavy atom. The van der Waals surface area contributed by atoms with Crippen LogP contribution in [0.1, 0.15) is 200 Å². The van der Waals surface area contributed by atoms with E-state index >= 15 is 0 Å². The van der Waals surface area contributed by atoms with Crippen molar-refractivity contribution in [3.63, 3.8) is 0 Å². The molecular weight excluding hydrogens is 1130 g/mol. The van der Waals surface area contributed by atoms with Crippen LogP contribution in [-0.4, -0.2) is 85.3 Å². The highest BCUT2D eigenvalue weighted by atomic mass is 79.9. The van der Waals surface area contributed by atoms with Crippen molar-refractivity contribution in [2.45, 2.75) is 223 Å². The highest BCUT2D eigenvalue weighted by molar-refractivity contribution is 9.09. The highest BCUT2D eigenvalue weighted by Crippen LogP contribution is 2.76. The van der Waals surface area contributed by atoms with Crippen LogP contribution in [0, 0.1) is 103 Å². The van der Waals surface area contributed by atoms with E-state index in [0.29, 0.717) is 17.2 Å². The van der Waals surface area contributed by atoms with Gasteiger partial charge in [0, 0.05) is 68.3 Å². The van der Waals surface area contributed by atoms with Crippen LogP contribution in [0.2, 0.25) is 0 Å². The molecule has 0 aromatic carbocycles. The number of nitrogens with zero attached hydrogens (tertiary/aromatic N) is 3. The Balaban J connectivity index is 0.000000174. The van der Waals surface area contributed by atoms with Gasteiger partial charge in [0.2, 0.25) is 11.4 Å². The fourth-order valence-corrected chi connectivity index (χ4v) is 22.0. The molecule has 6 saturated carbocycles. The van der Waals surface area contributed by atoms with Crippen LogP contribution in [-0.2, 0) is 19.2 Å². The van der Waals surface area contributed by atoms with Gasteiger partial charge in [0.25, 0.3) is 0 Å². The zero-order valence-electron chi connectivity index (χ0n) is 51.3. The van der Waals surface area contributed by atoms with E-state index in [1.54, 1.807) is 0 Å². The lowest BCUT2D eigenvalue weighted by Crippen LogP contribution is -2.65. The maximum Gasteiger partial charge on any atom is 0.226 e. The number of alkyl halides is 2. The standard InChI is InChI=1S/C34H48N2O3.C30H42N2O2.C4H8Br2O/c1-29(2)25-9-11-33(6)26(32(25,5)19-23(35-8)28(29)39)17-24(38)27-22-18-31(4,36-16-10-21(37)20-36)14-12-30(22,3)13-15-34(27,33)7;1-25(2)21-9-10-29(6)22(28(21,5)17-19(32-8)24(25)34)15-20(33)23-18-16-27(4,31)13-11-26(18,3)12-14-30(23,29)7;5-2-1-4(7)3-6/h17,19,21-22,25,27,37H,9-16,18,20H2,1-7H3;15,17-18,21,23H,9-14,16,31H2,1-7H3;4,7H,1-3H2/t21?,22-,25-,27-,30+,31-,32-,33+,34+;18-,21-,23-,26+,27-,28-,29+,30+;/m00./s1. The van der Waals surface area contributed by atoms with Gasteiger partial charge in [-0.1, -0.05) is 138 Å². The number of likely N-dealkylation sites (tertiary alicyclic amines) is 1. The number of ketones is 4. The predicted octanol–water partition coefficient (Wildman–Crippen LogP) is 14.2. The van der Waals surface area contributed by atoms with E-state index in [1.165, 1.54) is 11.1 Å². The quantitative estimate of drug-likeness (QED) is 0.186. The smallest absolute Gasteiger partial charge is 0.226 e. The average Bonchev–Trinajstić information content (AvgIpc) is 3.07. The summed E-state index contributed by atoms with van der Waals surface area (Å²) in [4.78, 5) is 65.0. The van der Waals surface area contributed by atoms with E-state index < -0.39 is 21.7 Å². The SMILES string of the molecule is OC(CBr)CCBr.[C-]#[N+]C1=C[C@]2(C)C3=CC(=O)[C@@H]4[C@@H]5C[C@@](C)(N)CC[C@]5(C)CC[C@@]4(C)[C@]3(C)CC[C@H]2C(C)(C)C1=O.[C-]#[N+]C1=C[C@]2(C)C3=CC(=O)[C@@H]4[C@@H]5C[C@@](C)(N6CCC(O)C6)CC[C@]5(C)CC[C@@]4(C)[C@]3(C)CC[C@H]2C(C)(C)C1=O. The first-order valence-electron chi connectivity index (χ1n) is 30.8. The number of carbonyl (C=O) groups is 4. The number of Topliss-reactive ketones (excluding diaryl/α,β-unsaturated/α-hetero) is 2. The van der Waals surface area contributed by atoms with Gasteiger partial charge in [-0.15, -0.1) is 0 Å². The number of nitrogens with two attached hydrogens (primary N) is 1. The molecule has 0 spiro atoms. The van der Waals surface area contributed by atoms with Crippen LogP contribution in [0.4, 0.5) is 0 Å². The second kappa shape index (κ2) is 20.3. The molecule has 4 N–H and O–H groups in total. The van der Waals surface area contributed by atoms with Crippen molar-refractivity contribution in [3.05, 3.63) is 69.7 Å². The van der Waals surface area contributed by atoms with Crippen molar-refractivity contribution in [2.75, 3.05) is 23.7 Å². The summed E-state index contributed by atoms with van der Waals surface area (Å²) in [5.41, 5.74) is 6.96. The Morgan fingerprint density at radius 3 is 1.44 bits per heavy atom. The number of carbonyl (C=O) groups excluding carboxylic acids is 4. The van der Waals surface area contributed by atoms with E-state index in [1.807, 2.05) is 52.0 Å². The molecule has 10 nitrogen and oxygen atoms in total. The fourth-order valence-electron chi connectivity index (χ4n) is 21.1. The summed E-state index contributed by atoms with van der Waals surface area (Å²) < 4.78 is 0. The largest absolute Gasteiger partial charge is 0.392 e. The molecule has 0 radical (unpaired) electrons. The molecule has 11 aliphatic rings. The molecule has 1 saturated heterocycles. The first-order chi connectivity index (χ1) is 36.9. The van der Waals surface area contributed by atoms with Gasteiger partial charge in [-0.25, -0.2) is 9.69 Å². The van der Waals surface area contributed by atoms with Crippen LogP contribution in [0.5, 0.6) is 0 Å². The summed E-state index contributed by atoms with van der Waals surface area (Å²) in [6.07, 6.45) is 23.7. The van der Waals surface area contributed by atoms with Crippen LogP contribution < -0.4 is 5.73 Å². The fraction of sp³-hybridized carbons (Fsp3) is 0.794. The molecule has 0 bridgehead atoms. The molecule has 7 fully saturated rings. The Hall–Kier alpha value is -2.58. The first-order valence-corrected chi connectivity index (χ1v) is 33.0. The minimum atomic E-state index is -0.622. The first kappa shape index (κ1) is 62.0. The Bertz CT molecular complexity index is 2820. The monoisotopic (exact) mass is 1220 g/mol. The summed E-state index contributed by atoms with van der Waals surface area (Å²) in [5.74, 6) is 1.24. The number of allylic oxidation sites excluding steroid dienone is 8. The summed E-state index contributed by atoms with van der Waals surface area (Å²) in [5, 5.41) is 20.7. The van der Waals surface area contributed by atoms with Crippen LogP contribution in [0.3, 0.4) is 0 Å². The lowest BCUT2D eigenvalue weighted by Gasteiger charge is -2.69. The molecule has 1 aliphatic heterocycles. The minimum Gasteiger partial charge on any atom is -0.392 e. The second-order valence-electron chi connectivity index (χ2n) is 31.8. The highest BCUT2D eigenvalue weighted by Gasteiger charge is 2.72. The summed E-state index contributed by atoms with van der Waals surface area (Å²) in [6, 6.07) is 0. The van der Waals surface area contributed by atoms with Crippen molar-refractivity contribution in [1.29, 1.82) is 0 Å². The van der Waals surface area contributed by atoms with E-state index in [4.69, 9.17) is 24.0 Å². The van der Waals surface area contributed by atoms with Crippen molar-refractivity contribution >= 4 is 55.0 Å². The molecule has 0 amide bonds. The molecule has 12 heteroatoms. The number of aliphatic hydroxyl groups excluding tert-OH is 2. The van der Waals surface area contributed by atoms with Crippen LogP contribution in [0.25, 0.3) is 9.69 Å². The zero-order chi connectivity index (χ0) is 59.2. The molecule has 440 valence electrons. The molecule has 2 unspecified atom stereocenters.